The fourth-order valence-electron chi connectivity index (χ4n) is 2.86. The van der Waals surface area contributed by atoms with Crippen LogP contribution >= 0.6 is 11.3 Å². The molecule has 3 heterocycles. The summed E-state index contributed by atoms with van der Waals surface area (Å²) in [6.07, 6.45) is 0. The zero-order valence-electron chi connectivity index (χ0n) is 14.8. The van der Waals surface area contributed by atoms with Crippen LogP contribution in [0.25, 0.3) is 26.4 Å². The van der Waals surface area contributed by atoms with Gasteiger partial charge in [-0.25, -0.2) is 4.98 Å². The molecule has 0 aliphatic carbocycles. The Morgan fingerprint density at radius 2 is 1.96 bits per heavy atom. The number of hydrogen-bond donors (Lipinski definition) is 4. The van der Waals surface area contributed by atoms with Crippen molar-refractivity contribution in [2.45, 2.75) is 6.54 Å². The number of aromatic nitrogens is 3. The molecule has 0 aliphatic heterocycles. The number of aromatic amines is 2. The first-order valence-corrected chi connectivity index (χ1v) is 9.32. The third kappa shape index (κ3) is 3.58. The molecule has 0 radical (unpaired) electrons. The quantitative estimate of drug-likeness (QED) is 0.417. The molecule has 5 N–H and O–H groups in total. The summed E-state index contributed by atoms with van der Waals surface area (Å²) in [5.41, 5.74) is 9.20. The summed E-state index contributed by atoms with van der Waals surface area (Å²) in [7, 11) is 0. The van der Waals surface area contributed by atoms with Crippen LogP contribution in [0.3, 0.4) is 0 Å². The molecule has 0 unspecified atom stereocenters. The molecule has 0 atom stereocenters. The lowest BCUT2D eigenvalue weighted by Gasteiger charge is -2.11. The Balaban J connectivity index is 1.59. The highest BCUT2D eigenvalue weighted by Gasteiger charge is 2.10. The summed E-state index contributed by atoms with van der Waals surface area (Å²) in [6.45, 7) is 4.54. The van der Waals surface area contributed by atoms with Crippen LogP contribution in [0.4, 0.5) is 5.95 Å². The standard InChI is InChI=1S/C20H17N5O2S/c1-11(22-10-14-6-3-7-17(26)23-14)12-4-2-5-13(8-12)16-9-15-18(28-16)19(27)25-20(21)24-15/h2-9,22H,1,10H2,(H,23,26)(H3,21,24,25,27). The van der Waals surface area contributed by atoms with E-state index in [1.807, 2.05) is 36.4 Å². The summed E-state index contributed by atoms with van der Waals surface area (Å²) in [5.74, 6) is 0.104. The second-order valence-corrected chi connectivity index (χ2v) is 7.28. The molecule has 140 valence electrons. The minimum Gasteiger partial charge on any atom is -0.379 e. The van der Waals surface area contributed by atoms with E-state index < -0.39 is 0 Å². The second kappa shape index (κ2) is 7.16. The van der Waals surface area contributed by atoms with E-state index in [1.165, 1.54) is 17.4 Å². The average Bonchev–Trinajstić information content (AvgIpc) is 3.11. The van der Waals surface area contributed by atoms with Crippen LogP contribution in [0.2, 0.25) is 0 Å². The van der Waals surface area contributed by atoms with Gasteiger partial charge in [-0.1, -0.05) is 30.8 Å². The molecule has 0 bridgehead atoms. The lowest BCUT2D eigenvalue weighted by Crippen LogP contribution is -2.15. The van der Waals surface area contributed by atoms with E-state index in [9.17, 15) is 9.59 Å². The number of anilines is 1. The summed E-state index contributed by atoms with van der Waals surface area (Å²) >= 11 is 1.37. The highest BCUT2D eigenvalue weighted by molar-refractivity contribution is 7.22. The topological polar surface area (TPSA) is 117 Å². The number of nitrogen functional groups attached to an aromatic ring is 1. The Bertz CT molecular complexity index is 1300. The first-order valence-electron chi connectivity index (χ1n) is 8.51. The van der Waals surface area contributed by atoms with Crippen LogP contribution in [0.1, 0.15) is 11.3 Å². The first-order chi connectivity index (χ1) is 13.5. The van der Waals surface area contributed by atoms with E-state index in [1.54, 1.807) is 6.07 Å². The largest absolute Gasteiger partial charge is 0.379 e. The Morgan fingerprint density at radius 3 is 2.79 bits per heavy atom. The van der Waals surface area contributed by atoms with Crippen molar-refractivity contribution in [1.29, 1.82) is 0 Å². The number of H-pyrrole nitrogens is 2. The van der Waals surface area contributed by atoms with Gasteiger partial charge >= 0.3 is 0 Å². The number of fused-ring (bicyclic) bond motifs is 1. The zero-order chi connectivity index (χ0) is 19.7. The number of rotatable bonds is 5. The van der Waals surface area contributed by atoms with Crippen molar-refractivity contribution >= 4 is 33.2 Å². The monoisotopic (exact) mass is 391 g/mol. The highest BCUT2D eigenvalue weighted by Crippen LogP contribution is 2.32. The lowest BCUT2D eigenvalue weighted by atomic mass is 10.1. The molecule has 0 saturated heterocycles. The number of nitrogens with one attached hydrogen (secondary N) is 3. The molecule has 8 heteroatoms. The van der Waals surface area contributed by atoms with Crippen molar-refractivity contribution in [2.24, 2.45) is 0 Å². The van der Waals surface area contributed by atoms with Gasteiger partial charge in [-0.05, 0) is 29.3 Å². The number of thiophene rings is 1. The van der Waals surface area contributed by atoms with Crippen LogP contribution in [0.5, 0.6) is 0 Å². The SMILES string of the molecule is C=C(NCc1cccc(=O)[nH]1)c1cccc(-c2cc3nc(N)[nH]c(=O)c3s2)c1. The maximum atomic E-state index is 12.0. The van der Waals surface area contributed by atoms with Gasteiger partial charge in [0.15, 0.2) is 0 Å². The predicted molar refractivity (Wildman–Crippen MR) is 113 cm³/mol. The van der Waals surface area contributed by atoms with E-state index in [4.69, 9.17) is 5.73 Å². The molecule has 28 heavy (non-hydrogen) atoms. The third-order valence-electron chi connectivity index (χ3n) is 4.22. The van der Waals surface area contributed by atoms with Gasteiger partial charge in [-0.15, -0.1) is 11.3 Å². The van der Waals surface area contributed by atoms with E-state index in [-0.39, 0.29) is 17.1 Å². The molecule has 0 fully saturated rings. The van der Waals surface area contributed by atoms with Crippen molar-refractivity contribution in [1.82, 2.24) is 20.3 Å². The van der Waals surface area contributed by atoms with Gasteiger partial charge in [0.25, 0.3) is 5.56 Å². The highest BCUT2D eigenvalue weighted by atomic mass is 32.1. The minimum atomic E-state index is -0.238. The molecular formula is C20H17N5O2S. The molecule has 1 aromatic carbocycles. The van der Waals surface area contributed by atoms with Gasteiger partial charge in [0.2, 0.25) is 11.5 Å². The van der Waals surface area contributed by atoms with Gasteiger partial charge in [-0.2, -0.15) is 0 Å². The summed E-state index contributed by atoms with van der Waals surface area (Å²) in [5, 5.41) is 3.22. The first kappa shape index (κ1) is 17.7. The summed E-state index contributed by atoms with van der Waals surface area (Å²) < 4.78 is 0.541. The van der Waals surface area contributed by atoms with Crippen molar-refractivity contribution < 1.29 is 0 Å². The van der Waals surface area contributed by atoms with Crippen LogP contribution in [0, 0.1) is 0 Å². The van der Waals surface area contributed by atoms with Crippen LogP contribution in [0.15, 0.2) is 64.7 Å². The Labute approximate surface area is 163 Å². The molecule has 7 nitrogen and oxygen atoms in total. The predicted octanol–water partition coefficient (Wildman–Crippen LogP) is 2.68. The maximum Gasteiger partial charge on any atom is 0.270 e. The third-order valence-corrected chi connectivity index (χ3v) is 5.39. The fraction of sp³-hybridized carbons (Fsp3) is 0.0500. The number of nitrogens with two attached hydrogens (primary N) is 1. The Hall–Kier alpha value is -3.65. The van der Waals surface area contributed by atoms with Crippen molar-refractivity contribution in [3.05, 3.63) is 87.1 Å². The maximum absolute atomic E-state index is 12.0. The number of pyridine rings is 1. The number of hydrogen-bond acceptors (Lipinski definition) is 6. The zero-order valence-corrected chi connectivity index (χ0v) is 15.6. The molecule has 3 aromatic heterocycles. The molecule has 0 saturated carbocycles. The fourth-order valence-corrected chi connectivity index (χ4v) is 3.85. The van der Waals surface area contributed by atoms with E-state index in [0.717, 1.165) is 27.4 Å². The van der Waals surface area contributed by atoms with Gasteiger partial charge in [0.1, 0.15) is 4.70 Å². The van der Waals surface area contributed by atoms with Crippen LogP contribution in [-0.4, -0.2) is 15.0 Å². The summed E-state index contributed by atoms with van der Waals surface area (Å²) in [4.78, 5) is 33.8. The van der Waals surface area contributed by atoms with Crippen LogP contribution in [-0.2, 0) is 6.54 Å². The molecule has 0 amide bonds. The summed E-state index contributed by atoms with van der Waals surface area (Å²) in [6, 6.07) is 14.7. The Morgan fingerprint density at radius 1 is 1.14 bits per heavy atom. The van der Waals surface area contributed by atoms with Crippen LogP contribution < -0.4 is 22.2 Å². The number of benzene rings is 1. The van der Waals surface area contributed by atoms with Gasteiger partial charge < -0.3 is 16.0 Å². The van der Waals surface area contributed by atoms with E-state index in [0.29, 0.717) is 16.8 Å². The van der Waals surface area contributed by atoms with Gasteiger partial charge in [0.05, 0.1) is 12.1 Å². The van der Waals surface area contributed by atoms with E-state index in [2.05, 4.69) is 26.8 Å². The number of nitrogens with zero attached hydrogens (tertiary/aromatic N) is 1. The van der Waals surface area contributed by atoms with Gasteiger partial charge in [-0.3, -0.25) is 14.6 Å². The van der Waals surface area contributed by atoms with Gasteiger partial charge in [0, 0.05) is 22.3 Å². The smallest absolute Gasteiger partial charge is 0.270 e. The average molecular weight is 391 g/mol. The lowest BCUT2D eigenvalue weighted by molar-refractivity contribution is 0.848. The molecule has 0 aliphatic rings. The Kier molecular flexibility index (Phi) is 4.54. The molecule has 4 aromatic rings. The van der Waals surface area contributed by atoms with Crippen molar-refractivity contribution in [3.8, 4) is 10.4 Å². The second-order valence-electron chi connectivity index (χ2n) is 6.23. The minimum absolute atomic E-state index is 0.104. The normalized spacial score (nSPS) is 10.9. The molecule has 0 spiro atoms. The van der Waals surface area contributed by atoms with E-state index >= 15 is 0 Å². The molecule has 4 rings (SSSR count). The van der Waals surface area contributed by atoms with Crippen molar-refractivity contribution in [2.75, 3.05) is 5.73 Å². The van der Waals surface area contributed by atoms with Crippen molar-refractivity contribution in [3.63, 3.8) is 0 Å². The molecular weight excluding hydrogens is 374 g/mol.